The standard InChI is InChI=1S/C13H18N4O/c1-8-6-12(10(3)18-8)9(2)16-11-4-5-15-13(7-11)17-14/h4-7,9H,14H2,1-3H3,(H2,15,16,17). The van der Waals surface area contributed by atoms with E-state index in [9.17, 15) is 0 Å². The van der Waals surface area contributed by atoms with Crippen LogP contribution in [-0.2, 0) is 0 Å². The molecule has 0 aliphatic rings. The summed E-state index contributed by atoms with van der Waals surface area (Å²) in [4.78, 5) is 4.06. The van der Waals surface area contributed by atoms with Gasteiger partial charge in [-0.25, -0.2) is 10.8 Å². The first-order chi connectivity index (χ1) is 8.60. The molecule has 2 aromatic heterocycles. The highest BCUT2D eigenvalue weighted by atomic mass is 16.3. The number of aromatic nitrogens is 1. The average molecular weight is 246 g/mol. The van der Waals surface area contributed by atoms with Crippen molar-refractivity contribution in [3.8, 4) is 0 Å². The van der Waals surface area contributed by atoms with Crippen molar-refractivity contribution in [2.45, 2.75) is 26.8 Å². The fraction of sp³-hybridized carbons (Fsp3) is 0.308. The molecule has 2 aromatic rings. The van der Waals surface area contributed by atoms with Crippen LogP contribution in [0.1, 0.15) is 30.0 Å². The Hall–Kier alpha value is -2.01. The molecule has 0 amide bonds. The number of hydrogen-bond acceptors (Lipinski definition) is 5. The van der Waals surface area contributed by atoms with E-state index in [0.717, 1.165) is 22.8 Å². The number of furan rings is 1. The SMILES string of the molecule is Cc1cc(C(C)Nc2ccnc(NN)c2)c(C)o1. The maximum atomic E-state index is 5.53. The molecule has 0 aliphatic carbocycles. The van der Waals surface area contributed by atoms with E-state index < -0.39 is 0 Å². The highest BCUT2D eigenvalue weighted by Crippen LogP contribution is 2.25. The summed E-state index contributed by atoms with van der Waals surface area (Å²) >= 11 is 0. The molecule has 2 rings (SSSR count). The molecular weight excluding hydrogens is 228 g/mol. The van der Waals surface area contributed by atoms with Crippen molar-refractivity contribution in [1.82, 2.24) is 4.98 Å². The Balaban J connectivity index is 2.15. The largest absolute Gasteiger partial charge is 0.466 e. The number of aryl methyl sites for hydroxylation is 2. The van der Waals surface area contributed by atoms with Crippen molar-refractivity contribution >= 4 is 11.5 Å². The zero-order valence-electron chi connectivity index (χ0n) is 10.8. The predicted molar refractivity (Wildman–Crippen MR) is 72.3 cm³/mol. The van der Waals surface area contributed by atoms with Gasteiger partial charge in [-0.3, -0.25) is 0 Å². The number of nitrogens with zero attached hydrogens (tertiary/aromatic N) is 1. The van der Waals surface area contributed by atoms with Gasteiger partial charge in [-0.1, -0.05) is 0 Å². The highest BCUT2D eigenvalue weighted by molar-refractivity contribution is 5.52. The van der Waals surface area contributed by atoms with Crippen molar-refractivity contribution in [1.29, 1.82) is 0 Å². The summed E-state index contributed by atoms with van der Waals surface area (Å²) in [6.45, 7) is 6.01. The molecule has 1 atom stereocenters. The van der Waals surface area contributed by atoms with Crippen LogP contribution in [0.15, 0.2) is 28.8 Å². The Morgan fingerprint density at radius 2 is 2.11 bits per heavy atom. The fourth-order valence-electron chi connectivity index (χ4n) is 2.01. The van der Waals surface area contributed by atoms with Crippen molar-refractivity contribution < 1.29 is 4.42 Å². The molecule has 2 heterocycles. The van der Waals surface area contributed by atoms with E-state index in [1.807, 2.05) is 26.0 Å². The second-order valence-electron chi connectivity index (χ2n) is 4.31. The minimum Gasteiger partial charge on any atom is -0.466 e. The Kier molecular flexibility index (Phi) is 3.53. The van der Waals surface area contributed by atoms with E-state index in [1.165, 1.54) is 0 Å². The maximum absolute atomic E-state index is 5.53. The lowest BCUT2D eigenvalue weighted by Gasteiger charge is -2.15. The van der Waals surface area contributed by atoms with Gasteiger partial charge in [0, 0.05) is 23.5 Å². The van der Waals surface area contributed by atoms with E-state index in [0.29, 0.717) is 5.82 Å². The Morgan fingerprint density at radius 3 is 2.72 bits per heavy atom. The van der Waals surface area contributed by atoms with Gasteiger partial charge in [0.15, 0.2) is 0 Å². The van der Waals surface area contributed by atoms with Gasteiger partial charge in [0.2, 0.25) is 0 Å². The molecular formula is C13H18N4O. The van der Waals surface area contributed by atoms with Crippen molar-refractivity contribution in [3.05, 3.63) is 41.5 Å². The zero-order chi connectivity index (χ0) is 13.1. The molecule has 0 saturated carbocycles. The van der Waals surface area contributed by atoms with E-state index >= 15 is 0 Å². The predicted octanol–water partition coefficient (Wildman–Crippen LogP) is 2.75. The van der Waals surface area contributed by atoms with Crippen LogP contribution in [0.5, 0.6) is 0 Å². The Labute approximate surface area is 106 Å². The van der Waals surface area contributed by atoms with Gasteiger partial charge < -0.3 is 15.2 Å². The number of rotatable bonds is 4. The molecule has 0 aromatic carbocycles. The van der Waals surface area contributed by atoms with Gasteiger partial charge in [0.1, 0.15) is 17.3 Å². The smallest absolute Gasteiger partial charge is 0.141 e. The molecule has 0 spiro atoms. The topological polar surface area (TPSA) is 76.1 Å². The summed E-state index contributed by atoms with van der Waals surface area (Å²) in [6.07, 6.45) is 1.71. The number of nitrogens with two attached hydrogens (primary N) is 1. The summed E-state index contributed by atoms with van der Waals surface area (Å²) in [5.74, 6) is 7.83. The zero-order valence-corrected chi connectivity index (χ0v) is 10.8. The molecule has 0 fully saturated rings. The molecule has 0 saturated heterocycles. The normalized spacial score (nSPS) is 12.2. The van der Waals surface area contributed by atoms with Gasteiger partial charge in [-0.2, -0.15) is 0 Å². The molecule has 18 heavy (non-hydrogen) atoms. The molecule has 5 nitrogen and oxygen atoms in total. The molecule has 96 valence electrons. The third-order valence-corrected chi connectivity index (χ3v) is 2.84. The Morgan fingerprint density at radius 1 is 1.33 bits per heavy atom. The second-order valence-corrected chi connectivity index (χ2v) is 4.31. The second kappa shape index (κ2) is 5.10. The van der Waals surface area contributed by atoms with Crippen LogP contribution in [0.2, 0.25) is 0 Å². The summed E-state index contributed by atoms with van der Waals surface area (Å²) < 4.78 is 5.53. The van der Waals surface area contributed by atoms with Crippen LogP contribution in [-0.4, -0.2) is 4.98 Å². The summed E-state index contributed by atoms with van der Waals surface area (Å²) in [7, 11) is 0. The van der Waals surface area contributed by atoms with Crippen LogP contribution in [0.4, 0.5) is 11.5 Å². The number of pyridine rings is 1. The average Bonchev–Trinajstić information content (AvgIpc) is 2.69. The number of hydrazine groups is 1. The van der Waals surface area contributed by atoms with E-state index in [1.54, 1.807) is 6.20 Å². The first-order valence-corrected chi connectivity index (χ1v) is 5.86. The molecule has 4 N–H and O–H groups in total. The van der Waals surface area contributed by atoms with Crippen LogP contribution in [0, 0.1) is 13.8 Å². The third kappa shape index (κ3) is 2.62. The highest BCUT2D eigenvalue weighted by Gasteiger charge is 2.12. The lowest BCUT2D eigenvalue weighted by molar-refractivity contribution is 0.500. The number of hydrogen-bond donors (Lipinski definition) is 3. The van der Waals surface area contributed by atoms with Crippen molar-refractivity contribution in [2.75, 3.05) is 10.7 Å². The van der Waals surface area contributed by atoms with Crippen molar-refractivity contribution in [2.24, 2.45) is 5.84 Å². The van der Waals surface area contributed by atoms with Gasteiger partial charge in [-0.15, -0.1) is 0 Å². The number of nitrogens with one attached hydrogen (secondary N) is 2. The molecule has 0 aliphatic heterocycles. The molecule has 0 bridgehead atoms. The monoisotopic (exact) mass is 246 g/mol. The van der Waals surface area contributed by atoms with Crippen LogP contribution >= 0.6 is 0 Å². The summed E-state index contributed by atoms with van der Waals surface area (Å²) in [5, 5.41) is 3.39. The minimum atomic E-state index is 0.162. The van der Waals surface area contributed by atoms with Gasteiger partial charge in [0.05, 0.1) is 6.04 Å². The molecule has 5 heteroatoms. The van der Waals surface area contributed by atoms with Crippen LogP contribution in [0.25, 0.3) is 0 Å². The molecule has 0 radical (unpaired) electrons. The van der Waals surface area contributed by atoms with E-state index in [-0.39, 0.29) is 6.04 Å². The molecule has 1 unspecified atom stereocenters. The van der Waals surface area contributed by atoms with E-state index in [2.05, 4.69) is 28.7 Å². The van der Waals surface area contributed by atoms with Crippen molar-refractivity contribution in [3.63, 3.8) is 0 Å². The quantitative estimate of drug-likeness (QED) is 0.571. The van der Waals surface area contributed by atoms with Crippen LogP contribution < -0.4 is 16.6 Å². The van der Waals surface area contributed by atoms with Gasteiger partial charge in [0.25, 0.3) is 0 Å². The summed E-state index contributed by atoms with van der Waals surface area (Å²) in [6, 6.07) is 5.98. The third-order valence-electron chi connectivity index (χ3n) is 2.84. The first kappa shape index (κ1) is 12.4. The number of anilines is 2. The minimum absolute atomic E-state index is 0.162. The Bertz CT molecular complexity index is 536. The number of nitrogen functional groups attached to an aromatic ring is 1. The van der Waals surface area contributed by atoms with Gasteiger partial charge >= 0.3 is 0 Å². The van der Waals surface area contributed by atoms with Gasteiger partial charge in [-0.05, 0) is 32.9 Å². The first-order valence-electron chi connectivity index (χ1n) is 5.86. The summed E-state index contributed by atoms with van der Waals surface area (Å²) in [5.41, 5.74) is 4.65. The fourth-order valence-corrected chi connectivity index (χ4v) is 2.01. The van der Waals surface area contributed by atoms with Crippen LogP contribution in [0.3, 0.4) is 0 Å². The maximum Gasteiger partial charge on any atom is 0.141 e. The lowest BCUT2D eigenvalue weighted by Crippen LogP contribution is -2.10. The lowest BCUT2D eigenvalue weighted by atomic mass is 10.1. The van der Waals surface area contributed by atoms with E-state index in [4.69, 9.17) is 10.3 Å².